The summed E-state index contributed by atoms with van der Waals surface area (Å²) < 4.78 is 5.12. The highest BCUT2D eigenvalue weighted by molar-refractivity contribution is 6.13. The van der Waals surface area contributed by atoms with Crippen molar-refractivity contribution in [2.45, 2.75) is 31.3 Å². The van der Waals surface area contributed by atoms with E-state index in [4.69, 9.17) is 16.5 Å². The van der Waals surface area contributed by atoms with Gasteiger partial charge in [0.1, 0.15) is 5.75 Å². The van der Waals surface area contributed by atoms with Crippen molar-refractivity contribution in [2.24, 2.45) is 0 Å². The number of ether oxygens (including phenoxy) is 1. The van der Waals surface area contributed by atoms with E-state index in [0.717, 1.165) is 19.3 Å². The summed E-state index contributed by atoms with van der Waals surface area (Å²) in [6, 6.07) is 3.61. The number of nitrogens with one attached hydrogen (secondary N) is 2. The number of methoxy groups -OCH3 is 1. The van der Waals surface area contributed by atoms with Gasteiger partial charge in [0.2, 0.25) is 0 Å². The van der Waals surface area contributed by atoms with Gasteiger partial charge in [-0.15, -0.1) is 0 Å². The van der Waals surface area contributed by atoms with E-state index in [-0.39, 0.29) is 18.0 Å². The molecule has 0 radical (unpaired) electrons. The van der Waals surface area contributed by atoms with Gasteiger partial charge in [-0.1, -0.05) is 0 Å². The first-order chi connectivity index (χ1) is 8.76. The van der Waals surface area contributed by atoms with E-state index >= 15 is 0 Å². The third kappa shape index (κ3) is 2.73. The van der Waals surface area contributed by atoms with Gasteiger partial charge in [0.05, 0.1) is 7.11 Å². The molecule has 1 aliphatic rings. The molecule has 1 aliphatic carbocycles. The number of hydrogen-bond acceptors (Lipinski definition) is 4. The van der Waals surface area contributed by atoms with E-state index in [1.807, 2.05) is 0 Å². The van der Waals surface area contributed by atoms with E-state index in [2.05, 4.69) is 15.1 Å². The van der Waals surface area contributed by atoms with Gasteiger partial charge in [-0.2, -0.15) is 0 Å². The first kappa shape index (κ1) is 13.1. The minimum atomic E-state index is -0.226. The van der Waals surface area contributed by atoms with Gasteiger partial charge < -0.3 is 10.1 Å². The molecular weight excluding hydrogens is 254 g/mol. The third-order valence-electron chi connectivity index (χ3n) is 3.18. The van der Waals surface area contributed by atoms with Gasteiger partial charge in [0.15, 0.2) is 5.69 Å². The molecule has 0 unspecified atom stereocenters. The van der Waals surface area contributed by atoms with Gasteiger partial charge in [-0.3, -0.25) is 4.79 Å². The van der Waals surface area contributed by atoms with Crippen molar-refractivity contribution < 1.29 is 9.53 Å². The molecule has 5 nitrogen and oxygen atoms in total. The van der Waals surface area contributed by atoms with Gasteiger partial charge in [0.25, 0.3) is 5.91 Å². The maximum Gasteiger partial charge on any atom is 0.274 e. The summed E-state index contributed by atoms with van der Waals surface area (Å²) in [5.74, 6) is 0.250. The number of carbonyl (C=O) groups is 1. The van der Waals surface area contributed by atoms with Crippen LogP contribution in [0.25, 0.3) is 0 Å². The minimum Gasteiger partial charge on any atom is -0.494 e. The lowest BCUT2D eigenvalue weighted by Gasteiger charge is -2.19. The van der Waals surface area contributed by atoms with Crippen molar-refractivity contribution in [3.63, 3.8) is 0 Å². The third-order valence-corrected chi connectivity index (χ3v) is 3.46. The Morgan fingerprint density at radius 1 is 1.50 bits per heavy atom. The second-order valence-electron chi connectivity index (χ2n) is 4.28. The van der Waals surface area contributed by atoms with Crippen LogP contribution in [-0.2, 0) is 0 Å². The fourth-order valence-corrected chi connectivity index (χ4v) is 2.49. The second-order valence-corrected chi connectivity index (χ2v) is 4.50. The summed E-state index contributed by atoms with van der Waals surface area (Å²) in [7, 11) is 1.52. The monoisotopic (exact) mass is 269 g/mol. The Labute approximate surface area is 111 Å². The Morgan fingerprint density at radius 2 is 2.28 bits per heavy atom. The van der Waals surface area contributed by atoms with Crippen LogP contribution < -0.4 is 14.9 Å². The van der Waals surface area contributed by atoms with Crippen LogP contribution in [0, 0.1) is 0 Å². The topological polar surface area (TPSA) is 63.2 Å². The van der Waals surface area contributed by atoms with Gasteiger partial charge >= 0.3 is 0 Å². The molecule has 18 heavy (non-hydrogen) atoms. The van der Waals surface area contributed by atoms with Crippen LogP contribution in [0.2, 0.25) is 0 Å². The molecule has 0 spiro atoms. The zero-order valence-electron chi connectivity index (χ0n) is 10.1. The molecule has 2 rings (SSSR count). The quantitative estimate of drug-likeness (QED) is 0.813. The molecule has 1 amide bonds. The molecule has 0 aromatic carbocycles. The van der Waals surface area contributed by atoms with E-state index in [9.17, 15) is 4.79 Å². The number of carbonyl (C=O) groups excluding carboxylic acids is 1. The molecule has 1 saturated carbocycles. The average Bonchev–Trinajstić information content (AvgIpc) is 2.85. The molecular formula is C12H16ClN3O2. The SMILES string of the molecule is COc1cccnc1C(=O)N[C@H]1CCC[C@@H]1NCl. The van der Waals surface area contributed by atoms with Crippen LogP contribution in [0.4, 0.5) is 0 Å². The molecule has 1 aromatic rings. The van der Waals surface area contributed by atoms with Crippen molar-refractivity contribution in [1.82, 2.24) is 15.1 Å². The predicted molar refractivity (Wildman–Crippen MR) is 68.7 cm³/mol. The molecule has 0 aliphatic heterocycles. The number of nitrogens with zero attached hydrogens (tertiary/aromatic N) is 1. The molecule has 1 fully saturated rings. The summed E-state index contributed by atoms with van der Waals surface area (Å²) in [5, 5.41) is 2.94. The van der Waals surface area contributed by atoms with Crippen LogP contribution in [0.15, 0.2) is 18.3 Å². The molecule has 1 heterocycles. The lowest BCUT2D eigenvalue weighted by atomic mass is 10.2. The first-order valence-electron chi connectivity index (χ1n) is 5.92. The second kappa shape index (κ2) is 6.02. The molecule has 0 bridgehead atoms. The zero-order valence-corrected chi connectivity index (χ0v) is 10.9. The summed E-state index contributed by atoms with van der Waals surface area (Å²) in [4.78, 5) is 18.9. The fraction of sp³-hybridized carbons (Fsp3) is 0.500. The zero-order chi connectivity index (χ0) is 13.0. The van der Waals surface area contributed by atoms with Gasteiger partial charge in [-0.05, 0) is 43.2 Å². The van der Waals surface area contributed by atoms with Crippen molar-refractivity contribution in [1.29, 1.82) is 0 Å². The number of hydrogen-bond donors (Lipinski definition) is 2. The normalized spacial score (nSPS) is 22.8. The molecule has 0 saturated heterocycles. The van der Waals surface area contributed by atoms with E-state index < -0.39 is 0 Å². The Balaban J connectivity index is 2.07. The average molecular weight is 270 g/mol. The smallest absolute Gasteiger partial charge is 0.274 e. The Bertz CT molecular complexity index is 428. The number of pyridine rings is 1. The number of halogens is 1. The predicted octanol–water partition coefficient (Wildman–Crippen LogP) is 1.48. The molecule has 98 valence electrons. The first-order valence-corrected chi connectivity index (χ1v) is 6.30. The highest BCUT2D eigenvalue weighted by atomic mass is 35.5. The van der Waals surface area contributed by atoms with Crippen LogP contribution >= 0.6 is 11.8 Å². The van der Waals surface area contributed by atoms with E-state index in [0.29, 0.717) is 11.4 Å². The molecule has 6 heteroatoms. The largest absolute Gasteiger partial charge is 0.494 e. The van der Waals surface area contributed by atoms with Crippen molar-refractivity contribution in [3.8, 4) is 5.75 Å². The van der Waals surface area contributed by atoms with Crippen LogP contribution in [-0.4, -0.2) is 30.1 Å². The Hall–Kier alpha value is -1.33. The summed E-state index contributed by atoms with van der Waals surface area (Å²) in [5.41, 5.74) is 0.306. The lowest BCUT2D eigenvalue weighted by Crippen LogP contribution is -2.44. The number of rotatable bonds is 4. The Morgan fingerprint density at radius 3 is 3.00 bits per heavy atom. The fourth-order valence-electron chi connectivity index (χ4n) is 2.23. The molecule has 1 aromatic heterocycles. The molecule has 2 N–H and O–H groups in total. The van der Waals surface area contributed by atoms with E-state index in [1.165, 1.54) is 7.11 Å². The molecule has 2 atom stereocenters. The summed E-state index contributed by atoms with van der Waals surface area (Å²) >= 11 is 5.65. The maximum absolute atomic E-state index is 12.1. The standard InChI is InChI=1S/C12H16ClN3O2/c1-18-10-6-3-7-14-11(10)12(17)15-8-4-2-5-9(8)16-13/h3,6-9,16H,2,4-5H2,1H3,(H,15,17)/t8-,9-/m0/s1. The van der Waals surface area contributed by atoms with Crippen LogP contribution in [0.5, 0.6) is 5.75 Å². The van der Waals surface area contributed by atoms with Crippen LogP contribution in [0.1, 0.15) is 29.8 Å². The van der Waals surface area contributed by atoms with Gasteiger partial charge in [-0.25, -0.2) is 9.82 Å². The number of amides is 1. The number of aromatic nitrogens is 1. The van der Waals surface area contributed by atoms with Crippen molar-refractivity contribution in [3.05, 3.63) is 24.0 Å². The highest BCUT2D eigenvalue weighted by Crippen LogP contribution is 2.21. The van der Waals surface area contributed by atoms with E-state index in [1.54, 1.807) is 18.3 Å². The summed E-state index contributed by atoms with van der Waals surface area (Å²) in [6.07, 6.45) is 4.51. The summed E-state index contributed by atoms with van der Waals surface area (Å²) in [6.45, 7) is 0. The Kier molecular flexibility index (Phi) is 4.38. The van der Waals surface area contributed by atoms with Crippen molar-refractivity contribution in [2.75, 3.05) is 7.11 Å². The highest BCUT2D eigenvalue weighted by Gasteiger charge is 2.29. The van der Waals surface area contributed by atoms with Gasteiger partial charge in [0, 0.05) is 18.3 Å². The minimum absolute atomic E-state index is 0.0433. The van der Waals surface area contributed by atoms with Crippen molar-refractivity contribution >= 4 is 17.7 Å². The van der Waals surface area contributed by atoms with Crippen LogP contribution in [0.3, 0.4) is 0 Å². The maximum atomic E-state index is 12.1. The lowest BCUT2D eigenvalue weighted by molar-refractivity contribution is 0.0925.